The molecule has 1 fully saturated rings. The summed E-state index contributed by atoms with van der Waals surface area (Å²) in [6.45, 7) is 0.570. The van der Waals surface area contributed by atoms with Crippen molar-refractivity contribution in [2.75, 3.05) is 33.5 Å². The van der Waals surface area contributed by atoms with Gasteiger partial charge in [-0.05, 0) is 62.8 Å². The van der Waals surface area contributed by atoms with Crippen molar-refractivity contribution in [2.24, 2.45) is 0 Å². The fourth-order valence-corrected chi connectivity index (χ4v) is 3.61. The van der Waals surface area contributed by atoms with E-state index in [9.17, 15) is 18.0 Å². The number of hydrogen-bond acceptors (Lipinski definition) is 4. The second kappa shape index (κ2) is 11.7. The lowest BCUT2D eigenvalue weighted by Gasteiger charge is -2.37. The number of hydrogen-bond donors (Lipinski definition) is 1. The quantitative estimate of drug-likeness (QED) is 0.633. The van der Waals surface area contributed by atoms with Crippen LogP contribution < -0.4 is 10.1 Å². The summed E-state index contributed by atoms with van der Waals surface area (Å²) in [6.07, 6.45) is 1.74. The lowest BCUT2D eigenvalue weighted by Crippen LogP contribution is -2.49. The maximum atomic E-state index is 13.2. The molecule has 1 aromatic carbocycles. The Morgan fingerprint density at radius 3 is 2.47 bits per heavy atom. The molecule has 1 aromatic heterocycles. The molecule has 174 valence electrons. The van der Waals surface area contributed by atoms with Gasteiger partial charge in [0.05, 0.1) is 18.4 Å². The van der Waals surface area contributed by atoms with E-state index in [1.807, 2.05) is 0 Å². The molecule has 0 atom stereocenters. The minimum atomic E-state index is -1.11. The van der Waals surface area contributed by atoms with Crippen LogP contribution in [0.15, 0.2) is 42.6 Å². The number of alkyl halides is 2. The molecule has 0 bridgehead atoms. The minimum absolute atomic E-state index is 0.0622. The van der Waals surface area contributed by atoms with Crippen molar-refractivity contribution in [2.45, 2.75) is 38.1 Å². The van der Waals surface area contributed by atoms with Gasteiger partial charge in [-0.25, -0.2) is 18.0 Å². The van der Waals surface area contributed by atoms with Crippen molar-refractivity contribution in [1.82, 2.24) is 20.1 Å². The normalized spacial score (nSPS) is 15.0. The number of aromatic nitrogens is 1. The van der Waals surface area contributed by atoms with E-state index >= 15 is 0 Å². The zero-order valence-corrected chi connectivity index (χ0v) is 18.1. The topological polar surface area (TPSA) is 57.7 Å². The lowest BCUT2D eigenvalue weighted by atomic mass is 10.0. The standard InChI is InChI=1S/C23H29F3N4O2/c1-29-10-8-20(9-11-29)30(16-19-5-4-18(26)15-27-19)23(31)28-14-17-2-6-21(7-3-17)32-22(12-24)13-25/h2-7,15,20,22H,8-14,16H2,1H3,(H,28,31). The maximum Gasteiger partial charge on any atom is 0.318 e. The number of halogens is 3. The molecule has 2 amide bonds. The molecule has 0 unspecified atom stereocenters. The van der Waals surface area contributed by atoms with E-state index in [4.69, 9.17) is 4.74 Å². The highest BCUT2D eigenvalue weighted by Crippen LogP contribution is 2.19. The van der Waals surface area contributed by atoms with E-state index < -0.39 is 25.3 Å². The molecular weight excluding hydrogens is 421 g/mol. The molecule has 0 radical (unpaired) electrons. The van der Waals surface area contributed by atoms with Crippen molar-refractivity contribution in [3.63, 3.8) is 0 Å². The van der Waals surface area contributed by atoms with Gasteiger partial charge in [0.2, 0.25) is 0 Å². The Morgan fingerprint density at radius 2 is 1.88 bits per heavy atom. The lowest BCUT2D eigenvalue weighted by molar-refractivity contribution is 0.126. The highest BCUT2D eigenvalue weighted by molar-refractivity contribution is 5.74. The molecule has 0 spiro atoms. The van der Waals surface area contributed by atoms with Gasteiger partial charge in [0, 0.05) is 12.6 Å². The number of nitrogens with one attached hydrogen (secondary N) is 1. The Kier molecular flexibility index (Phi) is 8.72. The third kappa shape index (κ3) is 6.85. The number of ether oxygens (including phenoxy) is 1. The number of rotatable bonds is 9. The summed E-state index contributed by atoms with van der Waals surface area (Å²) in [5, 5.41) is 2.93. The van der Waals surface area contributed by atoms with Crippen molar-refractivity contribution in [3.8, 4) is 5.75 Å². The van der Waals surface area contributed by atoms with E-state index in [2.05, 4.69) is 22.2 Å². The summed E-state index contributed by atoms with van der Waals surface area (Å²) >= 11 is 0. The molecule has 6 nitrogen and oxygen atoms in total. The van der Waals surface area contributed by atoms with E-state index in [0.29, 0.717) is 18.0 Å². The molecule has 1 aliphatic rings. The average Bonchev–Trinajstić information content (AvgIpc) is 2.82. The van der Waals surface area contributed by atoms with Crippen molar-refractivity contribution >= 4 is 6.03 Å². The average molecular weight is 451 g/mol. The SMILES string of the molecule is CN1CCC(N(Cc2ccc(F)cn2)C(=O)NCc2ccc(OC(CF)CF)cc2)CC1. The third-order valence-corrected chi connectivity index (χ3v) is 5.52. The van der Waals surface area contributed by atoms with Crippen LogP contribution in [0, 0.1) is 5.82 Å². The highest BCUT2D eigenvalue weighted by atomic mass is 19.1. The summed E-state index contributed by atoms with van der Waals surface area (Å²) in [7, 11) is 2.05. The first-order valence-electron chi connectivity index (χ1n) is 10.7. The fraction of sp³-hybridized carbons (Fsp3) is 0.478. The Balaban J connectivity index is 1.62. The summed E-state index contributed by atoms with van der Waals surface area (Å²) in [4.78, 5) is 21.1. The summed E-state index contributed by atoms with van der Waals surface area (Å²) in [5.74, 6) is -0.0449. The number of piperidine rings is 1. The van der Waals surface area contributed by atoms with Crippen molar-refractivity contribution in [3.05, 3.63) is 59.7 Å². The van der Waals surface area contributed by atoms with Crippen LogP contribution in [0.2, 0.25) is 0 Å². The van der Waals surface area contributed by atoms with Gasteiger partial charge < -0.3 is 19.9 Å². The number of urea groups is 1. The zero-order valence-electron chi connectivity index (χ0n) is 18.1. The smallest absolute Gasteiger partial charge is 0.318 e. The zero-order chi connectivity index (χ0) is 22.9. The van der Waals surface area contributed by atoms with Crippen LogP contribution >= 0.6 is 0 Å². The first kappa shape index (κ1) is 23.8. The van der Waals surface area contributed by atoms with Crippen LogP contribution in [-0.4, -0.2) is 66.4 Å². The number of benzene rings is 1. The van der Waals surface area contributed by atoms with Gasteiger partial charge in [-0.3, -0.25) is 4.98 Å². The predicted molar refractivity (Wildman–Crippen MR) is 115 cm³/mol. The molecule has 9 heteroatoms. The number of likely N-dealkylation sites (tertiary alicyclic amines) is 1. The predicted octanol–water partition coefficient (Wildman–Crippen LogP) is 3.71. The van der Waals surface area contributed by atoms with Gasteiger partial charge in [0.25, 0.3) is 0 Å². The first-order valence-corrected chi connectivity index (χ1v) is 10.7. The highest BCUT2D eigenvalue weighted by Gasteiger charge is 2.27. The van der Waals surface area contributed by atoms with Gasteiger partial charge >= 0.3 is 6.03 Å². The van der Waals surface area contributed by atoms with Crippen LogP contribution in [0.25, 0.3) is 0 Å². The fourth-order valence-electron chi connectivity index (χ4n) is 3.61. The van der Waals surface area contributed by atoms with Crippen molar-refractivity contribution < 1.29 is 22.7 Å². The summed E-state index contributed by atoms with van der Waals surface area (Å²) in [6, 6.07) is 9.50. The van der Waals surface area contributed by atoms with Crippen LogP contribution in [0.4, 0.5) is 18.0 Å². The van der Waals surface area contributed by atoms with Gasteiger partial charge in [0.15, 0.2) is 6.10 Å². The van der Waals surface area contributed by atoms with Crippen LogP contribution in [0.1, 0.15) is 24.1 Å². The second-order valence-electron chi connectivity index (χ2n) is 7.98. The summed E-state index contributed by atoms with van der Waals surface area (Å²) < 4.78 is 43.7. The van der Waals surface area contributed by atoms with E-state index in [-0.39, 0.29) is 18.6 Å². The molecule has 0 saturated carbocycles. The molecule has 0 aliphatic carbocycles. The molecule has 1 N–H and O–H groups in total. The molecular formula is C23H29F3N4O2. The van der Waals surface area contributed by atoms with Crippen LogP contribution in [0.3, 0.4) is 0 Å². The molecule has 3 rings (SSSR count). The Bertz CT molecular complexity index is 839. The minimum Gasteiger partial charge on any atom is -0.485 e. The van der Waals surface area contributed by atoms with E-state index in [1.165, 1.54) is 6.07 Å². The van der Waals surface area contributed by atoms with Crippen molar-refractivity contribution in [1.29, 1.82) is 0 Å². The van der Waals surface area contributed by atoms with E-state index in [0.717, 1.165) is 37.7 Å². The molecule has 1 saturated heterocycles. The van der Waals surface area contributed by atoms with Crippen LogP contribution in [-0.2, 0) is 13.1 Å². The van der Waals surface area contributed by atoms with Gasteiger partial charge in [0.1, 0.15) is 24.9 Å². The molecule has 1 aliphatic heterocycles. The Labute approximate surface area is 186 Å². The number of carbonyl (C=O) groups is 1. The van der Waals surface area contributed by atoms with Gasteiger partial charge in [-0.15, -0.1) is 0 Å². The summed E-state index contributed by atoms with van der Waals surface area (Å²) in [5.41, 5.74) is 1.45. The van der Waals surface area contributed by atoms with E-state index in [1.54, 1.807) is 35.2 Å². The molecule has 2 heterocycles. The maximum absolute atomic E-state index is 13.2. The Morgan fingerprint density at radius 1 is 1.19 bits per heavy atom. The largest absolute Gasteiger partial charge is 0.485 e. The number of pyridine rings is 1. The Hall–Kier alpha value is -2.81. The second-order valence-corrected chi connectivity index (χ2v) is 7.98. The molecule has 2 aromatic rings. The van der Waals surface area contributed by atoms with Gasteiger partial charge in [-0.2, -0.15) is 0 Å². The first-order chi connectivity index (χ1) is 15.5. The number of carbonyl (C=O) groups excluding carboxylic acids is 1. The molecule has 32 heavy (non-hydrogen) atoms. The number of nitrogens with zero attached hydrogens (tertiary/aromatic N) is 3. The third-order valence-electron chi connectivity index (χ3n) is 5.52. The van der Waals surface area contributed by atoms with Gasteiger partial charge in [-0.1, -0.05) is 12.1 Å². The van der Waals surface area contributed by atoms with Crippen LogP contribution in [0.5, 0.6) is 5.75 Å². The monoisotopic (exact) mass is 450 g/mol. The number of amides is 2.